The molecule has 0 aliphatic rings. The lowest BCUT2D eigenvalue weighted by Crippen LogP contribution is -2.33. The first-order chi connectivity index (χ1) is 12.6. The van der Waals surface area contributed by atoms with Gasteiger partial charge in [-0.3, -0.25) is 4.79 Å². The summed E-state index contributed by atoms with van der Waals surface area (Å²) in [6.45, 7) is -0.0268. The van der Waals surface area contributed by atoms with Crippen molar-refractivity contribution in [1.29, 1.82) is 0 Å². The maximum absolute atomic E-state index is 11.3. The molecule has 0 radical (unpaired) electrons. The molecule has 8 heteroatoms. The second-order valence-corrected chi connectivity index (χ2v) is 5.36. The summed E-state index contributed by atoms with van der Waals surface area (Å²) in [7, 11) is -0.194. The highest BCUT2D eigenvalue weighted by molar-refractivity contribution is 6.60. The fraction of sp³-hybridized carbons (Fsp3) is 0.111. The fourth-order valence-electron chi connectivity index (χ4n) is 2.53. The predicted molar refractivity (Wildman–Crippen MR) is 94.5 cm³/mol. The second-order valence-electron chi connectivity index (χ2n) is 5.36. The number of oxazole rings is 1. The number of para-hydroxylation sites is 1. The number of aldehydes is 1. The standard InChI is InChI=1S/C18H16BNO6/c1-24-15-7-3-2-5-12(15)17-9-20-18(26-17)11-25-16-8-4-6-14(19(22)23)13(16)10-21/h2-10,22-23H,11H2,1H3. The van der Waals surface area contributed by atoms with Gasteiger partial charge in [0.05, 0.1) is 24.4 Å². The van der Waals surface area contributed by atoms with E-state index in [4.69, 9.17) is 13.9 Å². The van der Waals surface area contributed by atoms with Crippen molar-refractivity contribution in [2.24, 2.45) is 0 Å². The van der Waals surface area contributed by atoms with Crippen molar-refractivity contribution < 1.29 is 28.7 Å². The molecule has 1 aromatic heterocycles. The first-order valence-electron chi connectivity index (χ1n) is 7.79. The van der Waals surface area contributed by atoms with Crippen LogP contribution in [0.25, 0.3) is 11.3 Å². The molecule has 1 heterocycles. The molecule has 0 saturated carbocycles. The van der Waals surface area contributed by atoms with Gasteiger partial charge < -0.3 is 23.9 Å². The summed E-state index contributed by atoms with van der Waals surface area (Å²) in [6, 6.07) is 11.9. The van der Waals surface area contributed by atoms with Gasteiger partial charge in [0.1, 0.15) is 11.5 Å². The summed E-state index contributed by atoms with van der Waals surface area (Å²) >= 11 is 0. The number of methoxy groups -OCH3 is 1. The van der Waals surface area contributed by atoms with E-state index >= 15 is 0 Å². The van der Waals surface area contributed by atoms with Gasteiger partial charge in [-0.1, -0.05) is 24.3 Å². The summed E-state index contributed by atoms with van der Waals surface area (Å²) in [5, 5.41) is 18.6. The van der Waals surface area contributed by atoms with Crippen molar-refractivity contribution in [2.45, 2.75) is 6.61 Å². The van der Waals surface area contributed by atoms with Crippen LogP contribution < -0.4 is 14.9 Å². The Morgan fingerprint density at radius 2 is 1.92 bits per heavy atom. The second kappa shape index (κ2) is 7.86. The molecule has 26 heavy (non-hydrogen) atoms. The van der Waals surface area contributed by atoms with Crippen molar-refractivity contribution in [3.63, 3.8) is 0 Å². The van der Waals surface area contributed by atoms with E-state index < -0.39 is 7.12 Å². The maximum atomic E-state index is 11.3. The number of carbonyl (C=O) groups excluding carboxylic acids is 1. The van der Waals surface area contributed by atoms with Crippen LogP contribution in [0.3, 0.4) is 0 Å². The van der Waals surface area contributed by atoms with Crippen LogP contribution in [0.4, 0.5) is 0 Å². The molecule has 132 valence electrons. The van der Waals surface area contributed by atoms with Gasteiger partial charge in [0.25, 0.3) is 0 Å². The number of ether oxygens (including phenoxy) is 2. The van der Waals surface area contributed by atoms with E-state index in [1.54, 1.807) is 25.4 Å². The number of carbonyl (C=O) groups is 1. The maximum Gasteiger partial charge on any atom is 0.489 e. The van der Waals surface area contributed by atoms with Gasteiger partial charge in [0.15, 0.2) is 18.7 Å². The minimum absolute atomic E-state index is 0.0268. The van der Waals surface area contributed by atoms with Crippen LogP contribution in [0.2, 0.25) is 0 Å². The van der Waals surface area contributed by atoms with Gasteiger partial charge in [-0.15, -0.1) is 0 Å². The highest BCUT2D eigenvalue weighted by Crippen LogP contribution is 2.30. The normalized spacial score (nSPS) is 10.4. The summed E-state index contributed by atoms with van der Waals surface area (Å²) in [5.74, 6) is 1.69. The van der Waals surface area contributed by atoms with Crippen LogP contribution in [0.15, 0.2) is 53.1 Å². The number of rotatable bonds is 7. The Bertz CT molecular complexity index is 908. The summed E-state index contributed by atoms with van der Waals surface area (Å²) in [6.07, 6.45) is 2.07. The molecular weight excluding hydrogens is 337 g/mol. The Kier molecular flexibility index (Phi) is 5.35. The zero-order valence-electron chi connectivity index (χ0n) is 14.0. The molecule has 0 aliphatic carbocycles. The average Bonchev–Trinajstić information content (AvgIpc) is 3.14. The van der Waals surface area contributed by atoms with Gasteiger partial charge in [-0.2, -0.15) is 0 Å². The molecule has 7 nitrogen and oxygen atoms in total. The summed E-state index contributed by atoms with van der Waals surface area (Å²) in [5.41, 5.74) is 0.895. The molecule has 0 saturated heterocycles. The Hall–Kier alpha value is -3.10. The zero-order valence-corrected chi connectivity index (χ0v) is 14.0. The number of aromatic nitrogens is 1. The number of hydrogen-bond donors (Lipinski definition) is 2. The smallest absolute Gasteiger partial charge is 0.489 e. The lowest BCUT2D eigenvalue weighted by atomic mass is 9.77. The zero-order chi connectivity index (χ0) is 18.5. The first kappa shape index (κ1) is 17.7. The Morgan fingerprint density at radius 1 is 1.15 bits per heavy atom. The van der Waals surface area contributed by atoms with Gasteiger partial charge in [-0.25, -0.2) is 4.98 Å². The first-order valence-corrected chi connectivity index (χ1v) is 7.79. The third-order valence-corrected chi connectivity index (χ3v) is 3.77. The highest BCUT2D eigenvalue weighted by atomic mass is 16.5. The van der Waals surface area contributed by atoms with Crippen LogP contribution in [0, 0.1) is 0 Å². The minimum atomic E-state index is -1.77. The van der Waals surface area contributed by atoms with Crippen LogP contribution in [-0.4, -0.2) is 35.5 Å². The fourth-order valence-corrected chi connectivity index (χ4v) is 2.53. The van der Waals surface area contributed by atoms with Crippen LogP contribution >= 0.6 is 0 Å². The molecule has 3 rings (SSSR count). The molecule has 0 aliphatic heterocycles. The van der Waals surface area contributed by atoms with Crippen molar-refractivity contribution in [3.05, 3.63) is 60.1 Å². The number of hydrogen-bond acceptors (Lipinski definition) is 7. The predicted octanol–water partition coefficient (Wildman–Crippen LogP) is 1.42. The monoisotopic (exact) mass is 353 g/mol. The lowest BCUT2D eigenvalue weighted by Gasteiger charge is -2.10. The molecule has 2 aromatic carbocycles. The molecular formula is C18H16BNO6. The van der Waals surface area contributed by atoms with Crippen molar-refractivity contribution in [2.75, 3.05) is 7.11 Å². The van der Waals surface area contributed by atoms with Crippen molar-refractivity contribution in [1.82, 2.24) is 4.98 Å². The summed E-state index contributed by atoms with van der Waals surface area (Å²) < 4.78 is 16.6. The van der Waals surface area contributed by atoms with Gasteiger partial charge in [0, 0.05) is 0 Å². The molecule has 0 bridgehead atoms. The molecule has 0 amide bonds. The third-order valence-electron chi connectivity index (χ3n) is 3.77. The molecule has 0 unspecified atom stereocenters. The average molecular weight is 353 g/mol. The van der Waals surface area contributed by atoms with Crippen LogP contribution in [0.1, 0.15) is 16.2 Å². The Labute approximate surface area is 150 Å². The SMILES string of the molecule is COc1ccccc1-c1cnc(COc2cccc(B(O)O)c2C=O)o1. The lowest BCUT2D eigenvalue weighted by molar-refractivity contribution is 0.111. The molecule has 0 spiro atoms. The molecule has 2 N–H and O–H groups in total. The molecule has 0 fully saturated rings. The van der Waals surface area contributed by atoms with Gasteiger partial charge in [0.2, 0.25) is 5.89 Å². The van der Waals surface area contributed by atoms with Crippen molar-refractivity contribution in [3.8, 4) is 22.8 Å². The molecule has 0 atom stereocenters. The summed E-state index contributed by atoms with van der Waals surface area (Å²) in [4.78, 5) is 15.4. The van der Waals surface area contributed by atoms with Crippen molar-refractivity contribution >= 4 is 18.9 Å². The van der Waals surface area contributed by atoms with E-state index in [-0.39, 0.29) is 23.4 Å². The molecule has 3 aromatic rings. The highest BCUT2D eigenvalue weighted by Gasteiger charge is 2.19. The Balaban J connectivity index is 1.79. The van der Waals surface area contributed by atoms with E-state index in [9.17, 15) is 14.8 Å². The van der Waals surface area contributed by atoms with E-state index in [1.807, 2.05) is 24.3 Å². The van der Waals surface area contributed by atoms with E-state index in [0.717, 1.165) is 5.56 Å². The Morgan fingerprint density at radius 3 is 2.65 bits per heavy atom. The largest absolute Gasteiger partial charge is 0.496 e. The topological polar surface area (TPSA) is 102 Å². The van der Waals surface area contributed by atoms with Gasteiger partial charge in [-0.05, 0) is 23.7 Å². The van der Waals surface area contributed by atoms with E-state index in [1.165, 1.54) is 6.07 Å². The van der Waals surface area contributed by atoms with Crippen LogP contribution in [-0.2, 0) is 6.61 Å². The van der Waals surface area contributed by atoms with E-state index in [0.29, 0.717) is 23.7 Å². The number of nitrogens with zero attached hydrogens (tertiary/aromatic N) is 1. The third kappa shape index (κ3) is 3.61. The van der Waals surface area contributed by atoms with Gasteiger partial charge >= 0.3 is 7.12 Å². The van der Waals surface area contributed by atoms with Crippen LogP contribution in [0.5, 0.6) is 11.5 Å². The number of benzene rings is 2. The quantitative estimate of drug-likeness (QED) is 0.489. The minimum Gasteiger partial charge on any atom is -0.496 e. The van der Waals surface area contributed by atoms with E-state index in [2.05, 4.69) is 4.98 Å².